The minimum atomic E-state index is -4.02. The zero-order valence-electron chi connectivity index (χ0n) is 10.5. The van der Waals surface area contributed by atoms with Gasteiger partial charge in [-0.05, 0) is 36.4 Å². The van der Waals surface area contributed by atoms with Crippen molar-refractivity contribution in [3.05, 3.63) is 52.3 Å². The zero-order chi connectivity index (χ0) is 15.6. The summed E-state index contributed by atoms with van der Waals surface area (Å²) in [7, 11) is -4.02. The highest BCUT2D eigenvalue weighted by Gasteiger charge is 2.19. The fourth-order valence-electron chi connectivity index (χ4n) is 1.66. The molecule has 108 valence electrons. The van der Waals surface area contributed by atoms with E-state index >= 15 is 0 Å². The molecular weight excluding hydrogens is 361 g/mol. The van der Waals surface area contributed by atoms with E-state index in [1.807, 2.05) is 6.07 Å². The molecule has 0 aliphatic carbocycles. The van der Waals surface area contributed by atoms with Gasteiger partial charge < -0.3 is 5.73 Å². The van der Waals surface area contributed by atoms with Crippen LogP contribution in [0.25, 0.3) is 0 Å². The molecule has 0 amide bonds. The number of nitrogen functional groups attached to an aromatic ring is 1. The van der Waals surface area contributed by atoms with Gasteiger partial charge in [0.05, 0.1) is 16.9 Å². The van der Waals surface area contributed by atoms with E-state index in [-0.39, 0.29) is 21.8 Å². The number of nitrogens with zero attached hydrogens (tertiary/aromatic N) is 1. The summed E-state index contributed by atoms with van der Waals surface area (Å²) in [5.41, 5.74) is 5.58. The Morgan fingerprint density at radius 2 is 1.95 bits per heavy atom. The van der Waals surface area contributed by atoms with Gasteiger partial charge in [-0.2, -0.15) is 5.26 Å². The molecule has 0 aliphatic heterocycles. The first-order valence-electron chi connectivity index (χ1n) is 5.61. The van der Waals surface area contributed by atoms with E-state index in [0.717, 1.165) is 18.2 Å². The lowest BCUT2D eigenvalue weighted by atomic mass is 10.2. The van der Waals surface area contributed by atoms with Crippen LogP contribution in [0.15, 0.2) is 45.8 Å². The van der Waals surface area contributed by atoms with Gasteiger partial charge in [0.1, 0.15) is 16.8 Å². The summed E-state index contributed by atoms with van der Waals surface area (Å²) in [5.74, 6) is -0.633. The second-order valence-corrected chi connectivity index (χ2v) is 6.66. The van der Waals surface area contributed by atoms with Crippen molar-refractivity contribution in [1.82, 2.24) is 0 Å². The number of hydrogen-bond acceptors (Lipinski definition) is 4. The van der Waals surface area contributed by atoms with Crippen LogP contribution in [0.2, 0.25) is 0 Å². The lowest BCUT2D eigenvalue weighted by molar-refractivity contribution is 0.600. The van der Waals surface area contributed by atoms with Crippen molar-refractivity contribution >= 4 is 37.3 Å². The van der Waals surface area contributed by atoms with Crippen LogP contribution in [0, 0.1) is 17.1 Å². The molecule has 0 aromatic heterocycles. The third-order valence-corrected chi connectivity index (χ3v) is 4.54. The normalized spacial score (nSPS) is 10.9. The van der Waals surface area contributed by atoms with Gasteiger partial charge in [-0.25, -0.2) is 12.8 Å². The molecule has 0 bridgehead atoms. The molecule has 2 aromatic rings. The van der Waals surface area contributed by atoms with Gasteiger partial charge in [-0.3, -0.25) is 4.72 Å². The minimum absolute atomic E-state index is 0.107. The molecule has 5 nitrogen and oxygen atoms in total. The van der Waals surface area contributed by atoms with Crippen LogP contribution in [0.1, 0.15) is 5.56 Å². The number of nitrogens with one attached hydrogen (secondary N) is 1. The Kier molecular flexibility index (Phi) is 4.16. The quantitative estimate of drug-likeness (QED) is 0.812. The topological polar surface area (TPSA) is 96.0 Å². The van der Waals surface area contributed by atoms with E-state index < -0.39 is 15.8 Å². The van der Waals surface area contributed by atoms with E-state index in [2.05, 4.69) is 20.7 Å². The molecule has 0 saturated heterocycles. The summed E-state index contributed by atoms with van der Waals surface area (Å²) in [5, 5.41) is 8.99. The van der Waals surface area contributed by atoms with Gasteiger partial charge in [0.15, 0.2) is 0 Å². The molecule has 0 atom stereocenters. The third-order valence-electron chi connectivity index (χ3n) is 2.61. The molecule has 0 fully saturated rings. The van der Waals surface area contributed by atoms with Crippen molar-refractivity contribution in [2.45, 2.75) is 4.90 Å². The van der Waals surface area contributed by atoms with Crippen LogP contribution < -0.4 is 10.5 Å². The lowest BCUT2D eigenvalue weighted by Gasteiger charge is -2.11. The number of nitrogens with two attached hydrogens (primary N) is 1. The first-order chi connectivity index (χ1) is 9.83. The molecule has 0 radical (unpaired) electrons. The molecule has 8 heteroatoms. The van der Waals surface area contributed by atoms with Gasteiger partial charge in [-0.15, -0.1) is 0 Å². The number of hydrogen-bond donors (Lipinski definition) is 2. The second-order valence-electron chi connectivity index (χ2n) is 4.09. The number of benzene rings is 2. The minimum Gasteiger partial charge on any atom is -0.398 e. The van der Waals surface area contributed by atoms with Gasteiger partial charge >= 0.3 is 0 Å². The summed E-state index contributed by atoms with van der Waals surface area (Å²) in [4.78, 5) is -0.257. The fourth-order valence-corrected chi connectivity index (χ4v) is 3.21. The molecular formula is C13H9BrFN3O2S. The monoisotopic (exact) mass is 369 g/mol. The van der Waals surface area contributed by atoms with Crippen molar-refractivity contribution in [2.24, 2.45) is 0 Å². The predicted octanol–water partition coefficient (Wildman–Crippen LogP) is 2.84. The maximum absolute atomic E-state index is 13.0. The summed E-state index contributed by atoms with van der Waals surface area (Å²) in [6.07, 6.45) is 0. The van der Waals surface area contributed by atoms with Gasteiger partial charge in [-0.1, -0.05) is 15.9 Å². The molecule has 21 heavy (non-hydrogen) atoms. The first-order valence-corrected chi connectivity index (χ1v) is 7.88. The SMILES string of the molecule is N#Cc1ccc(Br)cc1NS(=O)(=O)c1ccc(F)cc1N. The highest BCUT2D eigenvalue weighted by Crippen LogP contribution is 2.26. The summed E-state index contributed by atoms with van der Waals surface area (Å²) in [6, 6.07) is 9.40. The molecule has 3 N–H and O–H groups in total. The molecule has 0 aliphatic rings. The molecule has 0 saturated carbocycles. The number of halogens is 2. The highest BCUT2D eigenvalue weighted by atomic mass is 79.9. The average molecular weight is 370 g/mol. The number of rotatable bonds is 3. The number of sulfonamides is 1. The second kappa shape index (κ2) is 5.71. The van der Waals surface area contributed by atoms with E-state index in [9.17, 15) is 12.8 Å². The Balaban J connectivity index is 2.47. The summed E-state index contributed by atoms with van der Waals surface area (Å²) < 4.78 is 40.4. The zero-order valence-corrected chi connectivity index (χ0v) is 12.9. The van der Waals surface area contributed by atoms with Crippen molar-refractivity contribution in [1.29, 1.82) is 5.26 Å². The van der Waals surface area contributed by atoms with Crippen LogP contribution >= 0.6 is 15.9 Å². The van der Waals surface area contributed by atoms with E-state index in [1.165, 1.54) is 12.1 Å². The predicted molar refractivity (Wildman–Crippen MR) is 80.5 cm³/mol. The summed E-state index contributed by atoms with van der Waals surface area (Å²) in [6.45, 7) is 0. The van der Waals surface area contributed by atoms with Crippen molar-refractivity contribution in [3.63, 3.8) is 0 Å². The Hall–Kier alpha value is -2.11. The largest absolute Gasteiger partial charge is 0.398 e. The standard InChI is InChI=1S/C13H9BrFN3O2S/c14-9-2-1-8(7-16)12(5-9)18-21(19,20)13-4-3-10(15)6-11(13)17/h1-6,18H,17H2. The first kappa shape index (κ1) is 15.3. The van der Waals surface area contributed by atoms with Gasteiger partial charge in [0, 0.05) is 4.47 Å². The van der Waals surface area contributed by atoms with E-state index in [4.69, 9.17) is 11.0 Å². The Morgan fingerprint density at radius 1 is 1.24 bits per heavy atom. The van der Waals surface area contributed by atoms with E-state index in [0.29, 0.717) is 4.47 Å². The summed E-state index contributed by atoms with van der Waals surface area (Å²) >= 11 is 3.19. The smallest absolute Gasteiger partial charge is 0.263 e. The highest BCUT2D eigenvalue weighted by molar-refractivity contribution is 9.10. The average Bonchev–Trinajstić information content (AvgIpc) is 2.37. The van der Waals surface area contributed by atoms with Crippen LogP contribution in [0.4, 0.5) is 15.8 Å². The molecule has 2 rings (SSSR count). The third kappa shape index (κ3) is 3.32. The maximum Gasteiger partial charge on any atom is 0.263 e. The maximum atomic E-state index is 13.0. The van der Waals surface area contributed by atoms with Gasteiger partial charge in [0.25, 0.3) is 10.0 Å². The number of nitriles is 1. The van der Waals surface area contributed by atoms with Crippen molar-refractivity contribution in [3.8, 4) is 6.07 Å². The van der Waals surface area contributed by atoms with Crippen LogP contribution in [0.5, 0.6) is 0 Å². The Bertz CT molecular complexity index is 847. The Morgan fingerprint density at radius 3 is 2.57 bits per heavy atom. The van der Waals surface area contributed by atoms with Gasteiger partial charge in [0.2, 0.25) is 0 Å². The van der Waals surface area contributed by atoms with Crippen molar-refractivity contribution in [2.75, 3.05) is 10.5 Å². The van der Waals surface area contributed by atoms with Crippen molar-refractivity contribution < 1.29 is 12.8 Å². The molecule has 0 spiro atoms. The number of anilines is 2. The molecule has 0 heterocycles. The fraction of sp³-hybridized carbons (Fsp3) is 0. The van der Waals surface area contributed by atoms with E-state index in [1.54, 1.807) is 6.07 Å². The van der Waals surface area contributed by atoms with Crippen LogP contribution in [0.3, 0.4) is 0 Å². The molecule has 0 unspecified atom stereocenters. The Labute approximate surface area is 129 Å². The molecule has 2 aromatic carbocycles. The lowest BCUT2D eigenvalue weighted by Crippen LogP contribution is -2.15. The van der Waals surface area contributed by atoms with Crippen LogP contribution in [-0.4, -0.2) is 8.42 Å². The van der Waals surface area contributed by atoms with Crippen LogP contribution in [-0.2, 0) is 10.0 Å².